The maximum atomic E-state index is 12.2. The number of hydrogen-bond acceptors (Lipinski definition) is 2. The zero-order valence-corrected chi connectivity index (χ0v) is 15.0. The summed E-state index contributed by atoms with van der Waals surface area (Å²) >= 11 is 0. The van der Waals surface area contributed by atoms with Crippen molar-refractivity contribution in [1.29, 1.82) is 0 Å². The number of carbonyl (C=O) groups is 1. The summed E-state index contributed by atoms with van der Waals surface area (Å²) in [6, 6.07) is 0. The summed E-state index contributed by atoms with van der Waals surface area (Å²) < 4.78 is 41.9. The molecule has 1 rings (SSSR count). The molecular weight excluding hydrogens is 285 g/mol. The minimum Gasteiger partial charge on any atom is -0.449 e. The van der Waals surface area contributed by atoms with Gasteiger partial charge >= 0.3 is 64.5 Å². The summed E-state index contributed by atoms with van der Waals surface area (Å²) in [6.07, 6.45) is 0.432. The molecule has 0 aromatic rings. The van der Waals surface area contributed by atoms with Gasteiger partial charge in [0.15, 0.2) is 0 Å². The predicted molar refractivity (Wildman–Crippen MR) is 64.4 cm³/mol. The van der Waals surface area contributed by atoms with Crippen molar-refractivity contribution in [2.24, 2.45) is 0 Å². The van der Waals surface area contributed by atoms with Gasteiger partial charge in [-0.15, -0.1) is 0 Å². The average Bonchev–Trinajstić information content (AvgIpc) is 2.13. The first-order valence-electron chi connectivity index (χ1n) is 5.94. The number of hydrogen-bond donors (Lipinski definition) is 0. The van der Waals surface area contributed by atoms with Crippen molar-refractivity contribution in [3.05, 3.63) is 11.6 Å². The van der Waals surface area contributed by atoms with E-state index in [9.17, 15) is 17.7 Å². The number of rotatable bonds is 2. The van der Waals surface area contributed by atoms with Gasteiger partial charge < -0.3 is 22.6 Å². The van der Waals surface area contributed by atoms with Gasteiger partial charge in [-0.1, -0.05) is 18.0 Å². The molecule has 0 unspecified atom stereocenters. The minimum atomic E-state index is -4.79. The summed E-state index contributed by atoms with van der Waals surface area (Å²) in [5.74, 6) is 0. The van der Waals surface area contributed by atoms with Crippen LogP contribution in [0.3, 0.4) is 0 Å². The first kappa shape index (κ1) is 19.5. The van der Waals surface area contributed by atoms with Crippen LogP contribution in [0, 0.1) is 0 Å². The zero-order valence-electron chi connectivity index (χ0n) is 11.9. The Morgan fingerprint density at radius 3 is 2.37 bits per heavy atom. The minimum absolute atomic E-state index is 0. The van der Waals surface area contributed by atoms with Crippen LogP contribution >= 0.6 is 0 Å². The number of amides is 1. The van der Waals surface area contributed by atoms with Gasteiger partial charge in [0.2, 0.25) is 0 Å². The van der Waals surface area contributed by atoms with Crippen molar-refractivity contribution in [3.63, 3.8) is 0 Å². The molecule has 0 saturated carbocycles. The molecule has 0 atom stereocenters. The van der Waals surface area contributed by atoms with Gasteiger partial charge in [-0.05, 0) is 27.2 Å². The predicted octanol–water partition coefficient (Wildman–Crippen LogP) is 0.405. The molecule has 0 aliphatic carbocycles. The SMILES string of the molecule is CC(C)(C)OC(=O)N1CC=C(C[B-](F)(F)F)CC1.[K+]. The summed E-state index contributed by atoms with van der Waals surface area (Å²) in [6.45, 7) is 0.942. The summed E-state index contributed by atoms with van der Waals surface area (Å²) in [5, 5.41) is 0. The average molecular weight is 303 g/mol. The Balaban J connectivity index is 0.00000324. The summed E-state index contributed by atoms with van der Waals surface area (Å²) in [5.41, 5.74) is -0.224. The van der Waals surface area contributed by atoms with E-state index in [1.54, 1.807) is 20.8 Å². The van der Waals surface area contributed by atoms with Gasteiger partial charge in [0.1, 0.15) is 5.60 Å². The van der Waals surface area contributed by atoms with Crippen LogP contribution in [0.15, 0.2) is 11.6 Å². The third-order valence-electron chi connectivity index (χ3n) is 2.45. The van der Waals surface area contributed by atoms with E-state index in [1.165, 1.54) is 11.0 Å². The first-order valence-corrected chi connectivity index (χ1v) is 5.94. The maximum absolute atomic E-state index is 12.2. The van der Waals surface area contributed by atoms with E-state index < -0.39 is 25.0 Å². The van der Waals surface area contributed by atoms with Crippen molar-refractivity contribution in [1.82, 2.24) is 4.90 Å². The molecule has 0 N–H and O–H groups in total. The maximum Gasteiger partial charge on any atom is 1.00 e. The molecule has 0 spiro atoms. The Bertz CT molecular complexity index is 353. The molecule has 1 aliphatic heterocycles. The normalized spacial score (nSPS) is 16.5. The van der Waals surface area contributed by atoms with Gasteiger partial charge in [0, 0.05) is 13.1 Å². The molecule has 1 aliphatic rings. The van der Waals surface area contributed by atoms with E-state index >= 15 is 0 Å². The Hall–Kier alpha value is 0.501. The molecule has 8 heteroatoms. The van der Waals surface area contributed by atoms with Crippen LogP contribution in [0.4, 0.5) is 17.7 Å². The van der Waals surface area contributed by atoms with E-state index in [0.29, 0.717) is 5.57 Å². The molecule has 1 amide bonds. The van der Waals surface area contributed by atoms with Crippen LogP contribution in [0.25, 0.3) is 0 Å². The van der Waals surface area contributed by atoms with Gasteiger partial charge in [-0.25, -0.2) is 4.79 Å². The second kappa shape index (κ2) is 7.49. The standard InChI is InChI=1S/C11H18BF3NO2.K/c1-11(2,3)18-10(17)16-6-4-9(5-7-16)8-12(13,14)15;/h4H,5-8H2,1-3H3;/q-1;+1. The van der Waals surface area contributed by atoms with E-state index in [4.69, 9.17) is 4.74 Å². The van der Waals surface area contributed by atoms with Crippen LogP contribution in [0.2, 0.25) is 6.32 Å². The van der Waals surface area contributed by atoms with Crippen molar-refractivity contribution >= 4 is 13.1 Å². The van der Waals surface area contributed by atoms with Crippen LogP contribution in [-0.2, 0) is 4.74 Å². The second-order valence-electron chi connectivity index (χ2n) is 5.45. The van der Waals surface area contributed by atoms with E-state index in [0.717, 1.165) is 0 Å². The van der Waals surface area contributed by atoms with Crippen LogP contribution < -0.4 is 51.4 Å². The van der Waals surface area contributed by atoms with Gasteiger partial charge in [-0.3, -0.25) is 0 Å². The largest absolute Gasteiger partial charge is 1.00 e. The van der Waals surface area contributed by atoms with Crippen molar-refractivity contribution < 1.29 is 73.9 Å². The Morgan fingerprint density at radius 1 is 1.42 bits per heavy atom. The summed E-state index contributed by atoms with van der Waals surface area (Å²) in [4.78, 5) is 13.1. The molecular formula is C11H18BF3KNO2. The molecule has 104 valence electrons. The fourth-order valence-electron chi connectivity index (χ4n) is 1.69. The molecule has 19 heavy (non-hydrogen) atoms. The Morgan fingerprint density at radius 2 is 2.00 bits per heavy atom. The molecule has 0 bridgehead atoms. The quantitative estimate of drug-likeness (QED) is 0.546. The molecule has 1 heterocycles. The molecule has 3 nitrogen and oxygen atoms in total. The zero-order chi connectivity index (χ0) is 14.0. The molecule has 0 saturated heterocycles. The monoisotopic (exact) mass is 303 g/mol. The van der Waals surface area contributed by atoms with Crippen molar-refractivity contribution in [2.75, 3.05) is 13.1 Å². The van der Waals surface area contributed by atoms with Gasteiger partial charge in [-0.2, -0.15) is 0 Å². The topological polar surface area (TPSA) is 29.5 Å². The first-order chi connectivity index (χ1) is 8.07. The van der Waals surface area contributed by atoms with Crippen molar-refractivity contribution in [2.45, 2.75) is 39.1 Å². The van der Waals surface area contributed by atoms with E-state index in [1.807, 2.05) is 0 Å². The third-order valence-corrected chi connectivity index (χ3v) is 2.45. The Kier molecular flexibility index (Phi) is 7.69. The second-order valence-corrected chi connectivity index (χ2v) is 5.45. The molecule has 0 aromatic heterocycles. The van der Waals surface area contributed by atoms with Crippen LogP contribution in [-0.4, -0.2) is 36.7 Å². The molecule has 0 radical (unpaired) electrons. The molecule has 0 aromatic carbocycles. The number of ether oxygens (including phenoxy) is 1. The summed E-state index contributed by atoms with van der Waals surface area (Å²) in [7, 11) is 0. The van der Waals surface area contributed by atoms with Crippen LogP contribution in [0.5, 0.6) is 0 Å². The van der Waals surface area contributed by atoms with Crippen molar-refractivity contribution in [3.8, 4) is 0 Å². The van der Waals surface area contributed by atoms with E-state index in [-0.39, 0.29) is 70.9 Å². The number of halogens is 3. The third kappa shape index (κ3) is 8.39. The van der Waals surface area contributed by atoms with Gasteiger partial charge in [0.25, 0.3) is 0 Å². The Labute approximate surface area is 154 Å². The smallest absolute Gasteiger partial charge is 0.449 e. The number of carbonyl (C=O) groups excluding carboxylic acids is 1. The molecule has 0 fully saturated rings. The van der Waals surface area contributed by atoms with E-state index in [2.05, 4.69) is 0 Å². The number of nitrogens with zero attached hydrogens (tertiary/aromatic N) is 1. The fourth-order valence-corrected chi connectivity index (χ4v) is 1.69. The van der Waals surface area contributed by atoms with Crippen LogP contribution in [0.1, 0.15) is 27.2 Å². The fraction of sp³-hybridized carbons (Fsp3) is 0.727. The van der Waals surface area contributed by atoms with Gasteiger partial charge in [0.05, 0.1) is 0 Å².